The molecule has 0 aliphatic carbocycles. The average Bonchev–Trinajstić information content (AvgIpc) is 2.94. The van der Waals surface area contributed by atoms with Crippen molar-refractivity contribution < 1.29 is 5.11 Å². The molecule has 4 nitrogen and oxygen atoms in total. The van der Waals surface area contributed by atoms with Crippen molar-refractivity contribution >= 4 is 28.4 Å². The van der Waals surface area contributed by atoms with Crippen molar-refractivity contribution in [1.82, 2.24) is 9.55 Å². The maximum Gasteiger partial charge on any atom is 0.155 e. The third-order valence-electron chi connectivity index (χ3n) is 4.17. The van der Waals surface area contributed by atoms with E-state index >= 15 is 0 Å². The molecule has 25 heavy (non-hydrogen) atoms. The molecule has 2 aromatic carbocycles. The zero-order chi connectivity index (χ0) is 17.8. The Labute approximate surface area is 151 Å². The minimum Gasteiger partial charge on any atom is -0.510 e. The number of aromatic nitrogens is 2. The van der Waals surface area contributed by atoms with Crippen LogP contribution in [-0.4, -0.2) is 20.4 Å². The summed E-state index contributed by atoms with van der Waals surface area (Å²) in [5, 5.41) is 20.0. The molecular formula is C20H19N3OS. The first-order chi connectivity index (χ1) is 12.1. The number of rotatable bonds is 5. The molecule has 0 bridgehead atoms. The number of fused-ring (bicyclic) bond motifs is 1. The highest BCUT2D eigenvalue weighted by Crippen LogP contribution is 2.24. The number of aryl methyl sites for hydroxylation is 2. The van der Waals surface area contributed by atoms with Crippen molar-refractivity contribution in [3.8, 4) is 6.07 Å². The molecule has 0 aliphatic heterocycles. The molecule has 0 saturated heterocycles. The number of aliphatic hydroxyl groups is 1. The molecule has 0 fully saturated rings. The van der Waals surface area contributed by atoms with E-state index < -0.39 is 0 Å². The lowest BCUT2D eigenvalue weighted by atomic mass is 10.1. The van der Waals surface area contributed by atoms with Crippen LogP contribution in [0.5, 0.6) is 0 Å². The summed E-state index contributed by atoms with van der Waals surface area (Å²) in [7, 11) is 1.86. The van der Waals surface area contributed by atoms with Gasteiger partial charge in [-0.15, -0.1) is 11.8 Å². The van der Waals surface area contributed by atoms with Crippen LogP contribution in [0.3, 0.4) is 0 Å². The fourth-order valence-electron chi connectivity index (χ4n) is 2.71. The van der Waals surface area contributed by atoms with Crippen molar-refractivity contribution in [1.29, 1.82) is 5.26 Å². The standard InChI is InChI=1S/C20H19N3OS/c1-14-7-3-4-8-15(14)12-25-13-19(24)16(11-21)20-22-17-9-5-6-10-18(17)23(20)2/h3-10,24H,12-13H2,1-2H3/b19-16-. The van der Waals surface area contributed by atoms with Gasteiger partial charge in [0.05, 0.1) is 16.8 Å². The number of benzene rings is 2. The summed E-state index contributed by atoms with van der Waals surface area (Å²) < 4.78 is 1.84. The molecule has 0 aliphatic rings. The van der Waals surface area contributed by atoms with E-state index in [1.54, 1.807) is 11.8 Å². The van der Waals surface area contributed by atoms with Gasteiger partial charge < -0.3 is 9.67 Å². The van der Waals surface area contributed by atoms with Crippen LogP contribution >= 0.6 is 11.8 Å². The van der Waals surface area contributed by atoms with Crippen molar-refractivity contribution in [3.05, 3.63) is 71.2 Å². The van der Waals surface area contributed by atoms with Gasteiger partial charge in [-0.05, 0) is 30.2 Å². The maximum absolute atomic E-state index is 10.4. The van der Waals surface area contributed by atoms with Gasteiger partial charge in [-0.2, -0.15) is 5.26 Å². The van der Waals surface area contributed by atoms with Crippen LogP contribution in [0.4, 0.5) is 0 Å². The number of hydrogen-bond donors (Lipinski definition) is 1. The number of para-hydroxylation sites is 2. The van der Waals surface area contributed by atoms with Crippen LogP contribution in [0.1, 0.15) is 17.0 Å². The van der Waals surface area contributed by atoms with Gasteiger partial charge in [-0.3, -0.25) is 0 Å². The number of aliphatic hydroxyl groups excluding tert-OH is 1. The lowest BCUT2D eigenvalue weighted by molar-refractivity contribution is 0.420. The number of nitrogens with zero attached hydrogens (tertiary/aromatic N) is 3. The van der Waals surface area contributed by atoms with Crippen molar-refractivity contribution in [2.75, 3.05) is 5.75 Å². The van der Waals surface area contributed by atoms with Crippen LogP contribution in [0.2, 0.25) is 0 Å². The predicted molar refractivity (Wildman–Crippen MR) is 103 cm³/mol. The van der Waals surface area contributed by atoms with Crippen molar-refractivity contribution in [3.63, 3.8) is 0 Å². The van der Waals surface area contributed by atoms with Gasteiger partial charge in [-0.1, -0.05) is 36.4 Å². The topological polar surface area (TPSA) is 61.8 Å². The molecule has 1 aromatic heterocycles. The Morgan fingerprint density at radius 2 is 1.92 bits per heavy atom. The molecule has 0 saturated carbocycles. The lowest BCUT2D eigenvalue weighted by Gasteiger charge is -2.07. The number of hydrogen-bond acceptors (Lipinski definition) is 4. The quantitative estimate of drug-likeness (QED) is 0.540. The van der Waals surface area contributed by atoms with Crippen LogP contribution in [0.15, 0.2) is 54.3 Å². The Bertz CT molecular complexity index is 982. The Balaban J connectivity index is 1.82. The number of imidazole rings is 1. The highest BCUT2D eigenvalue weighted by molar-refractivity contribution is 7.98. The van der Waals surface area contributed by atoms with E-state index in [-0.39, 0.29) is 11.3 Å². The van der Waals surface area contributed by atoms with Crippen molar-refractivity contribution in [2.24, 2.45) is 7.05 Å². The zero-order valence-electron chi connectivity index (χ0n) is 14.2. The number of allylic oxidation sites excluding steroid dienone is 1. The predicted octanol–water partition coefficient (Wildman–Crippen LogP) is 4.61. The Hall–Kier alpha value is -2.71. The van der Waals surface area contributed by atoms with Crippen LogP contribution in [0, 0.1) is 18.3 Å². The van der Waals surface area contributed by atoms with Gasteiger partial charge in [0.1, 0.15) is 17.4 Å². The second-order valence-electron chi connectivity index (χ2n) is 5.84. The molecule has 0 amide bonds. The second-order valence-corrected chi connectivity index (χ2v) is 6.82. The smallest absolute Gasteiger partial charge is 0.155 e. The van der Waals surface area contributed by atoms with Gasteiger partial charge in [0.25, 0.3) is 0 Å². The summed E-state index contributed by atoms with van der Waals surface area (Å²) in [6.07, 6.45) is 0. The van der Waals surface area contributed by atoms with E-state index in [1.165, 1.54) is 11.1 Å². The van der Waals surface area contributed by atoms with E-state index in [9.17, 15) is 10.4 Å². The molecule has 0 atom stereocenters. The van der Waals surface area contributed by atoms with Gasteiger partial charge >= 0.3 is 0 Å². The summed E-state index contributed by atoms with van der Waals surface area (Å²) in [4.78, 5) is 4.50. The minimum atomic E-state index is 0.0690. The van der Waals surface area contributed by atoms with Gasteiger partial charge in [0.2, 0.25) is 0 Å². The van der Waals surface area contributed by atoms with E-state index in [4.69, 9.17) is 0 Å². The third-order valence-corrected chi connectivity index (χ3v) is 5.16. The summed E-state index contributed by atoms with van der Waals surface area (Å²) >= 11 is 1.58. The SMILES string of the molecule is Cc1ccccc1CSC/C(O)=C(\C#N)c1nc2ccccc2n1C. The van der Waals surface area contributed by atoms with Gasteiger partial charge in [0, 0.05) is 12.8 Å². The molecule has 1 heterocycles. The monoisotopic (exact) mass is 349 g/mol. The van der Waals surface area contributed by atoms with Gasteiger partial charge in [0.15, 0.2) is 5.82 Å². The fraction of sp³-hybridized carbons (Fsp3) is 0.200. The third kappa shape index (κ3) is 3.54. The van der Waals surface area contributed by atoms with E-state index in [0.29, 0.717) is 11.6 Å². The molecule has 3 rings (SSSR count). The van der Waals surface area contributed by atoms with Crippen LogP contribution in [-0.2, 0) is 12.8 Å². The highest BCUT2D eigenvalue weighted by Gasteiger charge is 2.16. The zero-order valence-corrected chi connectivity index (χ0v) is 15.0. The highest BCUT2D eigenvalue weighted by atomic mass is 32.2. The molecule has 0 unspecified atom stereocenters. The maximum atomic E-state index is 10.4. The fourth-order valence-corrected chi connectivity index (χ4v) is 3.70. The summed E-state index contributed by atoms with van der Waals surface area (Å²) in [6, 6.07) is 18.0. The molecule has 126 valence electrons. The van der Waals surface area contributed by atoms with E-state index in [2.05, 4.69) is 30.1 Å². The van der Waals surface area contributed by atoms with E-state index in [0.717, 1.165) is 16.8 Å². The summed E-state index contributed by atoms with van der Waals surface area (Å²) in [5.41, 5.74) is 4.45. The normalized spacial score (nSPS) is 12.0. The lowest BCUT2D eigenvalue weighted by Crippen LogP contribution is -2.01. The minimum absolute atomic E-state index is 0.0690. The van der Waals surface area contributed by atoms with Crippen molar-refractivity contribution in [2.45, 2.75) is 12.7 Å². The molecule has 0 radical (unpaired) electrons. The van der Waals surface area contributed by atoms with E-state index in [1.807, 2.05) is 48.0 Å². The summed E-state index contributed by atoms with van der Waals surface area (Å²) in [6.45, 7) is 2.08. The molecule has 3 aromatic rings. The Kier molecular flexibility index (Phi) is 5.11. The van der Waals surface area contributed by atoms with Gasteiger partial charge in [-0.25, -0.2) is 4.98 Å². The largest absolute Gasteiger partial charge is 0.510 e. The first-order valence-corrected chi connectivity index (χ1v) is 9.13. The van der Waals surface area contributed by atoms with Crippen LogP contribution in [0.25, 0.3) is 16.6 Å². The molecule has 1 N–H and O–H groups in total. The summed E-state index contributed by atoms with van der Waals surface area (Å²) in [5.74, 6) is 1.73. The Morgan fingerprint density at radius 3 is 2.64 bits per heavy atom. The average molecular weight is 349 g/mol. The second kappa shape index (κ2) is 7.45. The van der Waals surface area contributed by atoms with Crippen LogP contribution < -0.4 is 0 Å². The first kappa shape index (κ1) is 17.1. The molecular weight excluding hydrogens is 330 g/mol. The molecule has 0 spiro atoms. The number of thioether (sulfide) groups is 1. The first-order valence-electron chi connectivity index (χ1n) is 7.98. The Morgan fingerprint density at radius 1 is 1.20 bits per heavy atom. The number of nitriles is 1. The molecule has 5 heteroatoms.